The molecule has 0 aliphatic carbocycles. The molecule has 1 aliphatic heterocycles. The highest BCUT2D eigenvalue weighted by atomic mass is 16.5. The quantitative estimate of drug-likeness (QED) is 0.755. The van der Waals surface area contributed by atoms with Gasteiger partial charge in [0, 0.05) is 6.54 Å². The maximum absolute atomic E-state index is 10.6. The minimum Gasteiger partial charge on any atom is -0.476 e. The molecule has 0 aromatic carbocycles. The third-order valence-corrected chi connectivity index (χ3v) is 2.42. The van der Waals surface area contributed by atoms with Gasteiger partial charge in [0.15, 0.2) is 5.69 Å². The zero-order valence-corrected chi connectivity index (χ0v) is 9.22. The molecule has 1 aliphatic rings. The van der Waals surface area contributed by atoms with Crippen LogP contribution >= 0.6 is 0 Å². The normalized spacial score (nSPS) is 15.2. The van der Waals surface area contributed by atoms with Crippen LogP contribution in [-0.4, -0.2) is 40.8 Å². The second-order valence-electron chi connectivity index (χ2n) is 3.63. The predicted octanol–water partition coefficient (Wildman–Crippen LogP) is 0.933. The zero-order chi connectivity index (χ0) is 12.1. The number of anilines is 1. The van der Waals surface area contributed by atoms with E-state index in [-0.39, 0.29) is 5.69 Å². The fourth-order valence-electron chi connectivity index (χ4n) is 1.46. The highest BCUT2D eigenvalue weighted by Crippen LogP contribution is 2.09. The molecule has 0 radical (unpaired) electrons. The van der Waals surface area contributed by atoms with Crippen molar-refractivity contribution < 1.29 is 14.6 Å². The summed E-state index contributed by atoms with van der Waals surface area (Å²) in [5.74, 6) is -0.501. The molecule has 2 heterocycles. The van der Waals surface area contributed by atoms with Crippen molar-refractivity contribution in [2.24, 2.45) is 0 Å². The van der Waals surface area contributed by atoms with Crippen LogP contribution in [0.5, 0.6) is 0 Å². The van der Waals surface area contributed by atoms with E-state index in [9.17, 15) is 4.79 Å². The molecule has 0 atom stereocenters. The Bertz CT molecular complexity index is 428. The first kappa shape index (κ1) is 11.5. The summed E-state index contributed by atoms with van der Waals surface area (Å²) >= 11 is 0. The Hall–Kier alpha value is -1.95. The molecular formula is C11H13N3O3. The van der Waals surface area contributed by atoms with Gasteiger partial charge in [-0.3, -0.25) is 0 Å². The van der Waals surface area contributed by atoms with Crippen LogP contribution in [0.1, 0.15) is 16.9 Å². The number of aromatic carboxylic acids is 1. The molecule has 0 saturated carbocycles. The van der Waals surface area contributed by atoms with Gasteiger partial charge in [-0.25, -0.2) is 14.8 Å². The summed E-state index contributed by atoms with van der Waals surface area (Å²) in [6, 6.07) is 0. The number of hydrogen-bond donors (Lipinski definition) is 2. The topological polar surface area (TPSA) is 84.3 Å². The van der Waals surface area contributed by atoms with E-state index in [2.05, 4.69) is 15.3 Å². The van der Waals surface area contributed by atoms with E-state index in [1.54, 1.807) is 0 Å². The molecule has 90 valence electrons. The maximum Gasteiger partial charge on any atom is 0.356 e. The van der Waals surface area contributed by atoms with Crippen molar-refractivity contribution in [3.8, 4) is 0 Å². The summed E-state index contributed by atoms with van der Waals surface area (Å²) in [6.07, 6.45) is 5.61. The van der Waals surface area contributed by atoms with E-state index in [0.29, 0.717) is 19.0 Å². The van der Waals surface area contributed by atoms with Crippen LogP contribution in [0.15, 0.2) is 24.0 Å². The first-order chi connectivity index (χ1) is 8.25. The van der Waals surface area contributed by atoms with Gasteiger partial charge in [-0.1, -0.05) is 11.6 Å². The largest absolute Gasteiger partial charge is 0.476 e. The Morgan fingerprint density at radius 2 is 2.35 bits per heavy atom. The lowest BCUT2D eigenvalue weighted by molar-refractivity contribution is 0.0690. The molecule has 0 unspecified atom stereocenters. The lowest BCUT2D eigenvalue weighted by Crippen LogP contribution is -2.13. The van der Waals surface area contributed by atoms with Gasteiger partial charge in [0.05, 0.1) is 25.6 Å². The van der Waals surface area contributed by atoms with Crippen molar-refractivity contribution in [3.05, 3.63) is 29.7 Å². The van der Waals surface area contributed by atoms with E-state index >= 15 is 0 Å². The summed E-state index contributed by atoms with van der Waals surface area (Å²) in [5.41, 5.74) is 1.21. The highest BCUT2D eigenvalue weighted by molar-refractivity contribution is 5.84. The van der Waals surface area contributed by atoms with Crippen LogP contribution in [0.25, 0.3) is 0 Å². The van der Waals surface area contributed by atoms with Gasteiger partial charge < -0.3 is 15.2 Å². The molecule has 0 bridgehead atoms. The molecule has 0 fully saturated rings. The molecule has 2 rings (SSSR count). The predicted molar refractivity (Wildman–Crippen MR) is 61.0 cm³/mol. The summed E-state index contributed by atoms with van der Waals surface area (Å²) in [4.78, 5) is 18.3. The minimum absolute atomic E-state index is 0.0548. The third kappa shape index (κ3) is 3.25. The van der Waals surface area contributed by atoms with E-state index in [4.69, 9.17) is 9.84 Å². The number of carboxylic acid groups (broad SMARTS) is 1. The van der Waals surface area contributed by atoms with Gasteiger partial charge in [-0.15, -0.1) is 0 Å². The summed E-state index contributed by atoms with van der Waals surface area (Å²) < 4.78 is 5.20. The number of aromatic nitrogens is 2. The fourth-order valence-corrected chi connectivity index (χ4v) is 1.46. The van der Waals surface area contributed by atoms with Crippen LogP contribution in [0.2, 0.25) is 0 Å². The van der Waals surface area contributed by atoms with Crippen molar-refractivity contribution in [1.82, 2.24) is 9.97 Å². The molecule has 17 heavy (non-hydrogen) atoms. The summed E-state index contributed by atoms with van der Waals surface area (Å²) in [5, 5.41) is 11.8. The van der Waals surface area contributed by atoms with Crippen LogP contribution < -0.4 is 5.32 Å². The average molecular weight is 235 g/mol. The van der Waals surface area contributed by atoms with Crippen LogP contribution in [0.4, 0.5) is 5.82 Å². The molecular weight excluding hydrogens is 222 g/mol. The van der Waals surface area contributed by atoms with Crippen molar-refractivity contribution in [2.45, 2.75) is 6.42 Å². The second kappa shape index (κ2) is 5.40. The highest BCUT2D eigenvalue weighted by Gasteiger charge is 2.06. The van der Waals surface area contributed by atoms with Gasteiger partial charge in [-0.05, 0) is 6.42 Å². The minimum atomic E-state index is -1.07. The molecule has 0 saturated heterocycles. The average Bonchev–Trinajstić information content (AvgIpc) is 2.38. The zero-order valence-electron chi connectivity index (χ0n) is 9.22. The van der Waals surface area contributed by atoms with Gasteiger partial charge >= 0.3 is 5.97 Å². The monoisotopic (exact) mass is 235 g/mol. The third-order valence-electron chi connectivity index (χ3n) is 2.42. The van der Waals surface area contributed by atoms with Gasteiger partial charge in [-0.2, -0.15) is 0 Å². The van der Waals surface area contributed by atoms with Crippen molar-refractivity contribution in [3.63, 3.8) is 0 Å². The molecule has 0 amide bonds. The number of carboxylic acids is 1. The summed E-state index contributed by atoms with van der Waals surface area (Å²) in [7, 11) is 0. The standard InChI is InChI=1S/C11H13N3O3/c15-11(16)9-6-14-10(7-12-9)13-5-8-1-3-17-4-2-8/h1,6-7H,2-5H2,(H,13,14)(H,15,16). The van der Waals surface area contributed by atoms with E-state index in [0.717, 1.165) is 13.0 Å². The number of hydrogen-bond acceptors (Lipinski definition) is 5. The molecule has 1 aromatic rings. The Kier molecular flexibility index (Phi) is 3.66. The number of nitrogens with one attached hydrogen (secondary N) is 1. The summed E-state index contributed by atoms with van der Waals surface area (Å²) in [6.45, 7) is 2.09. The molecule has 1 aromatic heterocycles. The Labute approximate surface area is 98.3 Å². The van der Waals surface area contributed by atoms with E-state index in [1.807, 2.05) is 6.08 Å². The molecule has 0 spiro atoms. The maximum atomic E-state index is 10.6. The van der Waals surface area contributed by atoms with Crippen molar-refractivity contribution in [2.75, 3.05) is 25.1 Å². The molecule has 6 heteroatoms. The number of ether oxygens (including phenoxy) is 1. The molecule has 2 N–H and O–H groups in total. The van der Waals surface area contributed by atoms with Gasteiger partial charge in [0.25, 0.3) is 0 Å². The SMILES string of the molecule is O=C(O)c1cnc(NCC2=CCOCC2)cn1. The number of rotatable bonds is 4. The van der Waals surface area contributed by atoms with E-state index in [1.165, 1.54) is 18.0 Å². The number of carbonyl (C=O) groups is 1. The van der Waals surface area contributed by atoms with Gasteiger partial charge in [0.2, 0.25) is 0 Å². The fraction of sp³-hybridized carbons (Fsp3) is 0.364. The molecule has 6 nitrogen and oxygen atoms in total. The van der Waals surface area contributed by atoms with Crippen molar-refractivity contribution in [1.29, 1.82) is 0 Å². The lowest BCUT2D eigenvalue weighted by Gasteiger charge is -2.14. The Morgan fingerprint density at radius 1 is 1.47 bits per heavy atom. The smallest absolute Gasteiger partial charge is 0.356 e. The van der Waals surface area contributed by atoms with Crippen molar-refractivity contribution >= 4 is 11.8 Å². The van der Waals surface area contributed by atoms with Crippen LogP contribution in [-0.2, 0) is 4.74 Å². The first-order valence-corrected chi connectivity index (χ1v) is 5.30. The Balaban J connectivity index is 1.90. The first-order valence-electron chi connectivity index (χ1n) is 5.30. The van der Waals surface area contributed by atoms with Crippen LogP contribution in [0.3, 0.4) is 0 Å². The van der Waals surface area contributed by atoms with Gasteiger partial charge in [0.1, 0.15) is 5.82 Å². The van der Waals surface area contributed by atoms with E-state index < -0.39 is 5.97 Å². The lowest BCUT2D eigenvalue weighted by atomic mass is 10.1. The van der Waals surface area contributed by atoms with Crippen LogP contribution in [0, 0.1) is 0 Å². The number of nitrogens with zero attached hydrogens (tertiary/aromatic N) is 2. The Morgan fingerprint density at radius 3 is 2.94 bits per heavy atom. The second-order valence-corrected chi connectivity index (χ2v) is 3.63.